The minimum Gasteiger partial charge on any atom is -0.507 e. The summed E-state index contributed by atoms with van der Waals surface area (Å²) in [6.07, 6.45) is 2.68. The molecule has 2 rings (SSSR count). The van der Waals surface area contributed by atoms with Gasteiger partial charge in [0.2, 0.25) is 0 Å². The molecule has 2 aromatic rings. The lowest BCUT2D eigenvalue weighted by Gasteiger charge is -2.14. The van der Waals surface area contributed by atoms with Crippen LogP contribution < -0.4 is 10.9 Å². The van der Waals surface area contributed by atoms with Crippen molar-refractivity contribution in [1.29, 1.82) is 0 Å². The van der Waals surface area contributed by atoms with Crippen molar-refractivity contribution < 1.29 is 19.8 Å². The molecule has 0 saturated heterocycles. The fourth-order valence-corrected chi connectivity index (χ4v) is 3.10. The number of phenols is 2. The van der Waals surface area contributed by atoms with E-state index in [9.17, 15) is 19.8 Å². The third-order valence-corrected chi connectivity index (χ3v) is 5.02. The van der Waals surface area contributed by atoms with Crippen molar-refractivity contribution in [1.82, 2.24) is 10.9 Å². The summed E-state index contributed by atoms with van der Waals surface area (Å²) in [5, 5.41) is 25.9. The molecule has 0 fully saturated rings. The Labute approximate surface area is 172 Å². The fourth-order valence-electron chi connectivity index (χ4n) is 2.14. The summed E-state index contributed by atoms with van der Waals surface area (Å²) in [4.78, 5) is 24.2. The third-order valence-electron chi connectivity index (χ3n) is 3.78. The predicted molar refractivity (Wildman–Crippen MR) is 114 cm³/mol. The quantitative estimate of drug-likeness (QED) is 0.390. The molecule has 0 aliphatic carbocycles. The van der Waals surface area contributed by atoms with Crippen LogP contribution in [0.1, 0.15) is 25.0 Å². The Kier molecular flexibility index (Phi) is 8.23. The van der Waals surface area contributed by atoms with Gasteiger partial charge in [-0.3, -0.25) is 9.59 Å². The summed E-state index contributed by atoms with van der Waals surface area (Å²) in [5.74, 6) is -0.636. The summed E-state index contributed by atoms with van der Waals surface area (Å²) < 4.78 is 0. The number of carbonyl (C=O) groups excluding carboxylic acids is 2. The van der Waals surface area contributed by atoms with Gasteiger partial charge in [-0.2, -0.15) is 10.2 Å². The number of hydrazone groups is 2. The number of hydrogen-bond acceptors (Lipinski definition) is 7. The average molecular weight is 414 g/mol. The number of para-hydroxylation sites is 2. The number of hydrogen-bond donors (Lipinski definition) is 4. The first-order valence-electron chi connectivity index (χ1n) is 8.75. The number of nitrogens with one attached hydrogen (secondary N) is 2. The highest BCUT2D eigenvalue weighted by atomic mass is 32.2. The topological polar surface area (TPSA) is 123 Å². The Balaban J connectivity index is 1.80. The Hall–Kier alpha value is -3.33. The van der Waals surface area contributed by atoms with Crippen molar-refractivity contribution in [2.75, 3.05) is 0 Å². The lowest BCUT2D eigenvalue weighted by atomic mass is 10.2. The van der Waals surface area contributed by atoms with Gasteiger partial charge in [-0.25, -0.2) is 10.9 Å². The second kappa shape index (κ2) is 10.9. The maximum absolute atomic E-state index is 12.1. The first kappa shape index (κ1) is 22.0. The molecule has 2 atom stereocenters. The number of thioether (sulfide) groups is 1. The van der Waals surface area contributed by atoms with Crippen LogP contribution in [0.3, 0.4) is 0 Å². The van der Waals surface area contributed by atoms with E-state index in [1.807, 2.05) is 0 Å². The van der Waals surface area contributed by atoms with Crippen molar-refractivity contribution >= 4 is 36.0 Å². The summed E-state index contributed by atoms with van der Waals surface area (Å²) in [5.41, 5.74) is 5.72. The Morgan fingerprint density at radius 1 is 0.828 bits per heavy atom. The minimum absolute atomic E-state index is 0.0580. The highest BCUT2D eigenvalue weighted by Gasteiger charge is 2.21. The van der Waals surface area contributed by atoms with Gasteiger partial charge in [0, 0.05) is 11.1 Å². The van der Waals surface area contributed by atoms with E-state index < -0.39 is 10.5 Å². The Bertz CT molecular complexity index is 843. The van der Waals surface area contributed by atoms with Gasteiger partial charge in [0.1, 0.15) is 11.5 Å². The molecule has 2 unspecified atom stereocenters. The van der Waals surface area contributed by atoms with E-state index in [4.69, 9.17) is 0 Å². The van der Waals surface area contributed by atoms with E-state index in [0.29, 0.717) is 11.1 Å². The zero-order chi connectivity index (χ0) is 21.2. The number of rotatable bonds is 8. The molecule has 0 spiro atoms. The Morgan fingerprint density at radius 3 is 1.59 bits per heavy atom. The fraction of sp³-hybridized carbons (Fsp3) is 0.200. The third kappa shape index (κ3) is 6.96. The van der Waals surface area contributed by atoms with Gasteiger partial charge in [0.25, 0.3) is 11.8 Å². The molecule has 0 aliphatic rings. The average Bonchev–Trinajstić information content (AvgIpc) is 2.70. The van der Waals surface area contributed by atoms with Crippen LogP contribution in [-0.2, 0) is 9.59 Å². The van der Waals surface area contributed by atoms with Crippen LogP contribution in [0.15, 0.2) is 58.7 Å². The molecule has 0 aliphatic heterocycles. The van der Waals surface area contributed by atoms with Crippen molar-refractivity contribution in [3.05, 3.63) is 59.7 Å². The van der Waals surface area contributed by atoms with E-state index in [1.165, 1.54) is 24.6 Å². The van der Waals surface area contributed by atoms with Gasteiger partial charge in [0.05, 0.1) is 22.9 Å². The van der Waals surface area contributed by atoms with Gasteiger partial charge >= 0.3 is 0 Å². The predicted octanol–water partition coefficient (Wildman–Crippen LogP) is 2.21. The van der Waals surface area contributed by atoms with E-state index >= 15 is 0 Å². The number of carbonyl (C=O) groups is 2. The van der Waals surface area contributed by atoms with Crippen molar-refractivity contribution in [2.24, 2.45) is 10.2 Å². The molecule has 8 nitrogen and oxygen atoms in total. The van der Waals surface area contributed by atoms with E-state index in [1.54, 1.807) is 50.2 Å². The zero-order valence-electron chi connectivity index (χ0n) is 15.9. The molecule has 0 radical (unpaired) electrons. The number of aromatic hydroxyl groups is 2. The molecule has 9 heteroatoms. The van der Waals surface area contributed by atoms with Gasteiger partial charge < -0.3 is 10.2 Å². The molecule has 29 heavy (non-hydrogen) atoms. The highest BCUT2D eigenvalue weighted by Crippen LogP contribution is 2.18. The summed E-state index contributed by atoms with van der Waals surface area (Å²) in [6, 6.07) is 13.2. The molecular formula is C20H22N4O4S. The van der Waals surface area contributed by atoms with Crippen LogP contribution in [0, 0.1) is 0 Å². The molecule has 2 amide bonds. The molecule has 0 bridgehead atoms. The van der Waals surface area contributed by atoms with Crippen molar-refractivity contribution in [3.63, 3.8) is 0 Å². The van der Waals surface area contributed by atoms with E-state index in [0.717, 1.165) is 11.8 Å². The van der Waals surface area contributed by atoms with Crippen LogP contribution in [0.25, 0.3) is 0 Å². The number of amides is 2. The molecule has 152 valence electrons. The SMILES string of the molecule is CC(SC(C)C(=O)NN=Cc1ccccc1O)C(=O)NN=Cc1ccccc1O. The smallest absolute Gasteiger partial charge is 0.252 e. The summed E-state index contributed by atoms with van der Waals surface area (Å²) in [6.45, 7) is 3.31. The molecule has 0 heterocycles. The maximum Gasteiger partial charge on any atom is 0.252 e. The number of nitrogens with zero attached hydrogens (tertiary/aromatic N) is 2. The van der Waals surface area contributed by atoms with Crippen LogP contribution in [0.4, 0.5) is 0 Å². The van der Waals surface area contributed by atoms with E-state index in [2.05, 4.69) is 21.1 Å². The monoisotopic (exact) mass is 414 g/mol. The standard InChI is InChI=1S/C20H22N4O4S/c1-13(19(27)23-21-11-15-7-3-5-9-17(15)25)29-14(2)20(28)24-22-12-16-8-4-6-10-18(16)26/h3-14,25-26H,1-2H3,(H,23,27)(H,24,28). The van der Waals surface area contributed by atoms with Gasteiger partial charge in [-0.15, -0.1) is 11.8 Å². The summed E-state index contributed by atoms with van der Waals surface area (Å²) in [7, 11) is 0. The second-order valence-corrected chi connectivity index (χ2v) is 7.69. The van der Waals surface area contributed by atoms with Crippen LogP contribution >= 0.6 is 11.8 Å². The minimum atomic E-state index is -0.542. The number of benzene rings is 2. The number of phenolic OH excluding ortho intramolecular Hbond substituents is 2. The second-order valence-electron chi connectivity index (χ2n) is 6.01. The molecular weight excluding hydrogens is 392 g/mol. The first-order valence-corrected chi connectivity index (χ1v) is 9.70. The molecule has 0 saturated carbocycles. The van der Waals surface area contributed by atoms with Gasteiger partial charge in [0.15, 0.2) is 0 Å². The van der Waals surface area contributed by atoms with Crippen LogP contribution in [0.5, 0.6) is 11.5 Å². The maximum atomic E-state index is 12.1. The Morgan fingerprint density at radius 2 is 1.21 bits per heavy atom. The lowest BCUT2D eigenvalue weighted by molar-refractivity contribution is -0.120. The van der Waals surface area contributed by atoms with Crippen molar-refractivity contribution in [3.8, 4) is 11.5 Å². The molecule has 2 aromatic carbocycles. The van der Waals surface area contributed by atoms with Gasteiger partial charge in [-0.1, -0.05) is 24.3 Å². The molecule has 0 aromatic heterocycles. The summed E-state index contributed by atoms with van der Waals surface area (Å²) >= 11 is 1.14. The largest absolute Gasteiger partial charge is 0.507 e. The van der Waals surface area contributed by atoms with Crippen molar-refractivity contribution in [2.45, 2.75) is 24.3 Å². The lowest BCUT2D eigenvalue weighted by Crippen LogP contribution is -2.33. The van der Waals surface area contributed by atoms with Crippen LogP contribution in [-0.4, -0.2) is 45.0 Å². The first-order chi connectivity index (χ1) is 13.9. The highest BCUT2D eigenvalue weighted by molar-refractivity contribution is 8.01. The normalized spacial score (nSPS) is 13.3. The zero-order valence-corrected chi connectivity index (χ0v) is 16.8. The van der Waals surface area contributed by atoms with E-state index in [-0.39, 0.29) is 23.3 Å². The molecule has 4 N–H and O–H groups in total. The van der Waals surface area contributed by atoms with Crippen LogP contribution in [0.2, 0.25) is 0 Å². The van der Waals surface area contributed by atoms with Gasteiger partial charge in [-0.05, 0) is 38.1 Å².